The van der Waals surface area contributed by atoms with Crippen molar-refractivity contribution >= 4 is 22.7 Å². The molecule has 0 aliphatic carbocycles. The van der Waals surface area contributed by atoms with Crippen LogP contribution in [-0.4, -0.2) is 60.1 Å². The van der Waals surface area contributed by atoms with E-state index in [0.29, 0.717) is 25.0 Å². The number of aromatic nitrogens is 2. The summed E-state index contributed by atoms with van der Waals surface area (Å²) in [5.74, 6) is -0.661. The number of amides is 2. The number of aromatic amines is 1. The van der Waals surface area contributed by atoms with E-state index in [9.17, 15) is 19.2 Å². The summed E-state index contributed by atoms with van der Waals surface area (Å²) >= 11 is 0. The molecule has 0 aliphatic heterocycles. The van der Waals surface area contributed by atoms with Crippen LogP contribution in [0.4, 0.5) is 0 Å². The Morgan fingerprint density at radius 1 is 1.30 bits per heavy atom. The van der Waals surface area contributed by atoms with Gasteiger partial charge in [-0.2, -0.15) is 0 Å². The number of fused-ring (bicyclic) bond motifs is 1. The summed E-state index contributed by atoms with van der Waals surface area (Å²) in [4.78, 5) is 52.5. The van der Waals surface area contributed by atoms with Gasteiger partial charge < -0.3 is 19.9 Å². The Morgan fingerprint density at radius 2 is 2.04 bits per heavy atom. The van der Waals surface area contributed by atoms with Crippen LogP contribution in [0.3, 0.4) is 0 Å². The minimum absolute atomic E-state index is 0.0994. The van der Waals surface area contributed by atoms with Crippen LogP contribution in [0, 0.1) is 0 Å². The van der Waals surface area contributed by atoms with Crippen molar-refractivity contribution in [3.8, 4) is 0 Å². The SMILES string of the molecule is CCn1c(=O)[nH]c2cc(C(=O)N(C)CC(=O)NCCCOC)ccc2c1=O. The zero-order valence-electron chi connectivity index (χ0n) is 15.7. The highest BCUT2D eigenvalue weighted by Gasteiger charge is 2.16. The van der Waals surface area contributed by atoms with Crippen LogP contribution >= 0.6 is 0 Å². The van der Waals surface area contributed by atoms with Gasteiger partial charge in [0.2, 0.25) is 5.91 Å². The van der Waals surface area contributed by atoms with Crippen LogP contribution in [0.1, 0.15) is 23.7 Å². The molecule has 0 aliphatic rings. The predicted octanol–water partition coefficient (Wildman–Crippen LogP) is -0.0656. The van der Waals surface area contributed by atoms with Crippen LogP contribution in [0.2, 0.25) is 0 Å². The first-order chi connectivity index (χ1) is 12.9. The summed E-state index contributed by atoms with van der Waals surface area (Å²) in [6, 6.07) is 4.47. The molecule has 2 amide bonds. The lowest BCUT2D eigenvalue weighted by Gasteiger charge is -2.17. The van der Waals surface area contributed by atoms with Gasteiger partial charge in [-0.15, -0.1) is 0 Å². The first kappa shape index (κ1) is 20.4. The third-order valence-electron chi connectivity index (χ3n) is 4.12. The topological polar surface area (TPSA) is 114 Å². The molecule has 9 heteroatoms. The second-order valence-corrected chi connectivity index (χ2v) is 6.10. The van der Waals surface area contributed by atoms with Crippen molar-refractivity contribution in [2.45, 2.75) is 19.9 Å². The van der Waals surface area contributed by atoms with Crippen molar-refractivity contribution in [1.29, 1.82) is 0 Å². The maximum Gasteiger partial charge on any atom is 0.328 e. The van der Waals surface area contributed by atoms with Crippen molar-refractivity contribution in [2.75, 3.05) is 33.9 Å². The molecule has 2 rings (SSSR count). The highest BCUT2D eigenvalue weighted by Crippen LogP contribution is 2.11. The monoisotopic (exact) mass is 376 g/mol. The molecule has 0 saturated carbocycles. The molecule has 0 spiro atoms. The summed E-state index contributed by atoms with van der Waals surface area (Å²) in [5.41, 5.74) is -0.359. The second-order valence-electron chi connectivity index (χ2n) is 6.10. The van der Waals surface area contributed by atoms with Gasteiger partial charge in [0.15, 0.2) is 0 Å². The van der Waals surface area contributed by atoms with Crippen molar-refractivity contribution in [1.82, 2.24) is 19.8 Å². The Morgan fingerprint density at radius 3 is 2.70 bits per heavy atom. The molecule has 1 aromatic carbocycles. The van der Waals surface area contributed by atoms with Gasteiger partial charge in [-0.1, -0.05) is 0 Å². The fourth-order valence-corrected chi connectivity index (χ4v) is 2.68. The second kappa shape index (κ2) is 9.13. The van der Waals surface area contributed by atoms with Gasteiger partial charge in [-0.3, -0.25) is 19.0 Å². The smallest absolute Gasteiger partial charge is 0.328 e. The number of hydrogen-bond acceptors (Lipinski definition) is 5. The maximum absolute atomic E-state index is 12.5. The zero-order valence-corrected chi connectivity index (χ0v) is 15.7. The van der Waals surface area contributed by atoms with Gasteiger partial charge in [-0.25, -0.2) is 4.79 Å². The molecule has 1 heterocycles. The van der Waals surface area contributed by atoms with Gasteiger partial charge >= 0.3 is 5.69 Å². The number of H-pyrrole nitrogens is 1. The molecule has 0 fully saturated rings. The quantitative estimate of drug-likeness (QED) is 0.627. The third-order valence-corrected chi connectivity index (χ3v) is 4.12. The number of hydrogen-bond donors (Lipinski definition) is 2. The Kier molecular flexibility index (Phi) is 6.89. The van der Waals surface area contributed by atoms with Crippen molar-refractivity contribution in [3.05, 3.63) is 44.6 Å². The number of benzene rings is 1. The number of nitrogens with one attached hydrogen (secondary N) is 2. The van der Waals surface area contributed by atoms with Gasteiger partial charge in [0.25, 0.3) is 11.5 Å². The van der Waals surface area contributed by atoms with Crippen LogP contribution in [0.15, 0.2) is 27.8 Å². The lowest BCUT2D eigenvalue weighted by Crippen LogP contribution is -2.39. The number of likely N-dealkylation sites (N-methyl/N-ethyl adjacent to an activating group) is 1. The Hall–Kier alpha value is -2.94. The number of rotatable bonds is 8. The molecule has 0 atom stereocenters. The summed E-state index contributed by atoms with van der Waals surface area (Å²) in [6.07, 6.45) is 0.688. The molecule has 0 unspecified atom stereocenters. The number of carbonyl (C=O) groups is 2. The lowest BCUT2D eigenvalue weighted by molar-refractivity contribution is -0.121. The van der Waals surface area contributed by atoms with Crippen LogP contribution < -0.4 is 16.6 Å². The van der Waals surface area contributed by atoms with Gasteiger partial charge in [0, 0.05) is 39.4 Å². The first-order valence-corrected chi connectivity index (χ1v) is 8.67. The van der Waals surface area contributed by atoms with Gasteiger partial charge in [0.05, 0.1) is 17.4 Å². The van der Waals surface area contributed by atoms with E-state index < -0.39 is 11.2 Å². The molecule has 0 bridgehead atoms. The van der Waals surface area contributed by atoms with E-state index >= 15 is 0 Å². The normalized spacial score (nSPS) is 10.8. The van der Waals surface area contributed by atoms with Crippen molar-refractivity contribution in [2.24, 2.45) is 0 Å². The Labute approximate surface area is 155 Å². The average molecular weight is 376 g/mol. The summed E-state index contributed by atoms with van der Waals surface area (Å²) < 4.78 is 5.99. The molecule has 2 N–H and O–H groups in total. The van der Waals surface area contributed by atoms with Crippen LogP contribution in [0.25, 0.3) is 10.9 Å². The fraction of sp³-hybridized carbons (Fsp3) is 0.444. The van der Waals surface area contributed by atoms with Crippen LogP contribution in [-0.2, 0) is 16.1 Å². The van der Waals surface area contributed by atoms with E-state index in [1.165, 1.54) is 30.1 Å². The third kappa shape index (κ3) is 4.82. The Balaban J connectivity index is 2.14. The Bertz CT molecular complexity index is 947. The standard InChI is InChI=1S/C18H24N4O5/c1-4-22-17(25)13-7-6-12(10-14(13)20-18(22)26)16(24)21(2)11-15(23)19-8-5-9-27-3/h6-7,10H,4-5,8-9,11H2,1-3H3,(H,19,23)(H,20,26). The van der Waals surface area contributed by atoms with Gasteiger partial charge in [0.1, 0.15) is 0 Å². The molecule has 1 aromatic heterocycles. The van der Waals surface area contributed by atoms with E-state index in [0.717, 1.165) is 4.57 Å². The average Bonchev–Trinajstić information content (AvgIpc) is 2.64. The zero-order chi connectivity index (χ0) is 20.0. The molecular formula is C18H24N4O5. The van der Waals surface area contributed by atoms with Crippen LogP contribution in [0.5, 0.6) is 0 Å². The minimum Gasteiger partial charge on any atom is -0.385 e. The first-order valence-electron chi connectivity index (χ1n) is 8.67. The summed E-state index contributed by atoms with van der Waals surface area (Å²) in [5, 5.41) is 3.03. The fourth-order valence-electron chi connectivity index (χ4n) is 2.68. The molecule has 9 nitrogen and oxygen atoms in total. The highest BCUT2D eigenvalue weighted by atomic mass is 16.5. The van der Waals surface area contributed by atoms with E-state index in [1.807, 2.05) is 0 Å². The minimum atomic E-state index is -0.525. The maximum atomic E-state index is 12.5. The molecule has 0 saturated heterocycles. The van der Waals surface area contributed by atoms with E-state index in [4.69, 9.17) is 4.74 Å². The molecular weight excluding hydrogens is 352 g/mol. The van der Waals surface area contributed by atoms with E-state index in [2.05, 4.69) is 10.3 Å². The van der Waals surface area contributed by atoms with Crippen molar-refractivity contribution in [3.63, 3.8) is 0 Å². The number of ether oxygens (including phenoxy) is 1. The molecule has 2 aromatic rings. The molecule has 27 heavy (non-hydrogen) atoms. The predicted molar refractivity (Wildman–Crippen MR) is 101 cm³/mol. The number of methoxy groups -OCH3 is 1. The van der Waals surface area contributed by atoms with Crippen molar-refractivity contribution < 1.29 is 14.3 Å². The number of nitrogens with zero attached hydrogens (tertiary/aromatic N) is 2. The number of carbonyl (C=O) groups excluding carboxylic acids is 2. The largest absolute Gasteiger partial charge is 0.385 e. The van der Waals surface area contributed by atoms with E-state index in [-0.39, 0.29) is 36.0 Å². The summed E-state index contributed by atoms with van der Waals surface area (Å²) in [7, 11) is 3.10. The van der Waals surface area contributed by atoms with E-state index in [1.54, 1.807) is 14.0 Å². The molecule has 0 radical (unpaired) electrons. The highest BCUT2D eigenvalue weighted by molar-refractivity contribution is 5.99. The summed E-state index contributed by atoms with van der Waals surface area (Å²) in [6.45, 7) is 2.88. The lowest BCUT2D eigenvalue weighted by atomic mass is 10.1. The van der Waals surface area contributed by atoms with Gasteiger partial charge in [-0.05, 0) is 31.5 Å². The molecule has 146 valence electrons.